The lowest BCUT2D eigenvalue weighted by atomic mass is 10.0. The highest BCUT2D eigenvalue weighted by Crippen LogP contribution is 2.16. The van der Waals surface area contributed by atoms with Crippen molar-refractivity contribution in [3.63, 3.8) is 0 Å². The number of aryl methyl sites for hydroxylation is 1. The van der Waals surface area contributed by atoms with Crippen molar-refractivity contribution in [2.75, 3.05) is 0 Å². The van der Waals surface area contributed by atoms with Gasteiger partial charge in [-0.3, -0.25) is 4.79 Å². The highest BCUT2D eigenvalue weighted by atomic mass is 16.4. The molecule has 0 fully saturated rings. The molecule has 0 saturated carbocycles. The molecule has 0 atom stereocenters. The van der Waals surface area contributed by atoms with Gasteiger partial charge >= 0.3 is 5.63 Å². The Labute approximate surface area is 119 Å². The number of carbonyl (C=O) groups is 1. The molecule has 1 heterocycles. The van der Waals surface area contributed by atoms with Crippen molar-refractivity contribution in [3.8, 4) is 5.75 Å². The summed E-state index contributed by atoms with van der Waals surface area (Å²) >= 11 is 0. The van der Waals surface area contributed by atoms with Crippen LogP contribution in [0.4, 0.5) is 0 Å². The minimum atomic E-state index is -0.472. The number of ketones is 1. The van der Waals surface area contributed by atoms with Gasteiger partial charge in [-0.25, -0.2) is 4.79 Å². The molecule has 4 nitrogen and oxygen atoms in total. The fourth-order valence-electron chi connectivity index (χ4n) is 2.12. The molecule has 1 N–H and O–H groups in total. The van der Waals surface area contributed by atoms with Crippen molar-refractivity contribution >= 4 is 5.78 Å². The molecule has 20 heavy (non-hydrogen) atoms. The van der Waals surface area contributed by atoms with Crippen LogP contribution in [-0.2, 0) is 11.2 Å². The van der Waals surface area contributed by atoms with Crippen LogP contribution in [0, 0.1) is 0 Å². The summed E-state index contributed by atoms with van der Waals surface area (Å²) in [6, 6.07) is 2.51. The Morgan fingerprint density at radius 2 is 1.80 bits per heavy atom. The monoisotopic (exact) mass is 280 g/mol. The maximum absolute atomic E-state index is 11.7. The third-order valence-electron chi connectivity index (χ3n) is 3.31. The van der Waals surface area contributed by atoms with Gasteiger partial charge in [-0.1, -0.05) is 32.6 Å². The largest absolute Gasteiger partial charge is 0.504 e. The normalized spacial score (nSPS) is 10.7. The van der Waals surface area contributed by atoms with Crippen LogP contribution < -0.4 is 5.63 Å². The summed E-state index contributed by atoms with van der Waals surface area (Å²) < 4.78 is 4.90. The maximum atomic E-state index is 11.7. The van der Waals surface area contributed by atoms with E-state index in [9.17, 15) is 14.7 Å². The quantitative estimate of drug-likeness (QED) is 0.665. The Hall–Kier alpha value is -1.58. The van der Waals surface area contributed by atoms with Crippen molar-refractivity contribution in [3.05, 3.63) is 28.3 Å². The second-order valence-corrected chi connectivity index (χ2v) is 5.12. The summed E-state index contributed by atoms with van der Waals surface area (Å²) in [5.74, 6) is 0.504. The summed E-state index contributed by atoms with van der Waals surface area (Å²) in [4.78, 5) is 22.7. The van der Waals surface area contributed by atoms with Crippen LogP contribution in [0.3, 0.4) is 0 Å². The van der Waals surface area contributed by atoms with Crippen molar-refractivity contribution in [1.82, 2.24) is 0 Å². The van der Waals surface area contributed by atoms with Crippen molar-refractivity contribution in [2.24, 2.45) is 0 Å². The molecular formula is C16H24O4. The predicted molar refractivity (Wildman–Crippen MR) is 78.0 cm³/mol. The topological polar surface area (TPSA) is 67.5 Å². The predicted octanol–water partition coefficient (Wildman–Crippen LogP) is 3.60. The Balaban J connectivity index is 2.18. The molecule has 4 heteroatoms. The molecule has 0 bridgehead atoms. The third kappa shape index (κ3) is 6.55. The average molecular weight is 280 g/mol. The van der Waals surface area contributed by atoms with E-state index >= 15 is 0 Å². The first-order chi connectivity index (χ1) is 9.63. The minimum Gasteiger partial charge on any atom is -0.504 e. The number of carbonyl (C=O) groups excluding carboxylic acids is 1. The van der Waals surface area contributed by atoms with E-state index in [4.69, 9.17) is 4.42 Å². The van der Waals surface area contributed by atoms with Crippen LogP contribution in [-0.4, -0.2) is 10.9 Å². The van der Waals surface area contributed by atoms with Gasteiger partial charge in [0.2, 0.25) is 0 Å². The summed E-state index contributed by atoms with van der Waals surface area (Å²) in [7, 11) is 0. The maximum Gasteiger partial charge on any atom is 0.336 e. The smallest absolute Gasteiger partial charge is 0.336 e. The lowest BCUT2D eigenvalue weighted by Gasteiger charge is -2.03. The lowest BCUT2D eigenvalue weighted by Crippen LogP contribution is -2.02. The number of Topliss-reactive ketones (excluding diaryl/α,β-unsaturated/α-hetero) is 1. The molecular weight excluding hydrogens is 256 g/mol. The highest BCUT2D eigenvalue weighted by molar-refractivity contribution is 5.78. The second kappa shape index (κ2) is 9.34. The zero-order chi connectivity index (χ0) is 14.8. The molecule has 0 aliphatic heterocycles. The molecule has 0 aliphatic rings. The molecule has 0 spiro atoms. The van der Waals surface area contributed by atoms with E-state index in [1.165, 1.54) is 31.4 Å². The summed E-state index contributed by atoms with van der Waals surface area (Å²) in [5, 5.41) is 9.51. The number of unbranched alkanes of at least 4 members (excludes halogenated alkanes) is 4. The van der Waals surface area contributed by atoms with Gasteiger partial charge in [0, 0.05) is 25.3 Å². The van der Waals surface area contributed by atoms with Gasteiger partial charge in [-0.05, 0) is 18.9 Å². The number of rotatable bonds is 10. The van der Waals surface area contributed by atoms with Gasteiger partial charge in [0.05, 0.1) is 0 Å². The van der Waals surface area contributed by atoms with Gasteiger partial charge in [0.25, 0.3) is 0 Å². The zero-order valence-corrected chi connectivity index (χ0v) is 12.2. The molecule has 0 saturated heterocycles. The molecule has 1 aromatic rings. The molecule has 0 aromatic carbocycles. The molecule has 1 rings (SSSR count). The molecule has 0 amide bonds. The number of hydrogen-bond donors (Lipinski definition) is 1. The van der Waals surface area contributed by atoms with Crippen LogP contribution in [0.15, 0.2) is 21.3 Å². The Kier molecular flexibility index (Phi) is 7.70. The van der Waals surface area contributed by atoms with Gasteiger partial charge in [0.15, 0.2) is 5.75 Å². The van der Waals surface area contributed by atoms with Crippen LogP contribution in [0.2, 0.25) is 0 Å². The lowest BCUT2D eigenvalue weighted by molar-refractivity contribution is -0.119. The first kappa shape index (κ1) is 16.5. The number of aromatic hydroxyl groups is 1. The van der Waals surface area contributed by atoms with Crippen LogP contribution in [0.1, 0.15) is 64.1 Å². The first-order valence-electron chi connectivity index (χ1n) is 7.47. The van der Waals surface area contributed by atoms with Crippen molar-refractivity contribution < 1.29 is 14.3 Å². The highest BCUT2D eigenvalue weighted by Gasteiger charge is 2.07. The second-order valence-electron chi connectivity index (χ2n) is 5.12. The minimum absolute atomic E-state index is 0.0170. The average Bonchev–Trinajstić information content (AvgIpc) is 2.42. The van der Waals surface area contributed by atoms with E-state index < -0.39 is 5.63 Å². The van der Waals surface area contributed by atoms with Crippen molar-refractivity contribution in [2.45, 2.75) is 64.7 Å². The van der Waals surface area contributed by atoms with E-state index in [0.29, 0.717) is 25.7 Å². The standard InChI is InChI=1S/C16H24O4/c1-2-3-4-5-6-8-13(17)9-7-10-15-14(18)11-12-16(19)20-15/h11-12,18H,2-10H2,1H3. The first-order valence-corrected chi connectivity index (χ1v) is 7.47. The van der Waals surface area contributed by atoms with E-state index in [1.807, 2.05) is 0 Å². The Morgan fingerprint density at radius 1 is 1.10 bits per heavy atom. The number of hydrogen-bond acceptors (Lipinski definition) is 4. The molecule has 1 aromatic heterocycles. The Bertz CT molecular complexity index is 462. The van der Waals surface area contributed by atoms with Crippen molar-refractivity contribution in [1.29, 1.82) is 0 Å². The van der Waals surface area contributed by atoms with E-state index in [1.54, 1.807) is 0 Å². The summed E-state index contributed by atoms with van der Waals surface area (Å²) in [5.41, 5.74) is -0.472. The van der Waals surface area contributed by atoms with Crippen LogP contribution in [0.5, 0.6) is 5.75 Å². The molecule has 112 valence electrons. The molecule has 0 aliphatic carbocycles. The fraction of sp³-hybridized carbons (Fsp3) is 0.625. The summed E-state index contributed by atoms with van der Waals surface area (Å²) in [6.45, 7) is 2.17. The summed E-state index contributed by atoms with van der Waals surface area (Å²) in [6.07, 6.45) is 7.86. The Morgan fingerprint density at radius 3 is 2.55 bits per heavy atom. The zero-order valence-electron chi connectivity index (χ0n) is 12.2. The van der Waals surface area contributed by atoms with Crippen LogP contribution >= 0.6 is 0 Å². The van der Waals surface area contributed by atoms with E-state index in [2.05, 4.69) is 6.92 Å². The van der Waals surface area contributed by atoms with E-state index in [-0.39, 0.29) is 17.3 Å². The van der Waals surface area contributed by atoms with Gasteiger partial charge in [-0.2, -0.15) is 0 Å². The van der Waals surface area contributed by atoms with Crippen LogP contribution in [0.25, 0.3) is 0 Å². The molecule has 0 unspecified atom stereocenters. The van der Waals surface area contributed by atoms with Gasteiger partial charge in [0.1, 0.15) is 11.5 Å². The van der Waals surface area contributed by atoms with Gasteiger partial charge in [-0.15, -0.1) is 0 Å². The molecule has 0 radical (unpaired) electrons. The SMILES string of the molecule is CCCCCCCC(=O)CCCc1oc(=O)ccc1O. The fourth-order valence-corrected chi connectivity index (χ4v) is 2.12. The van der Waals surface area contributed by atoms with Gasteiger partial charge < -0.3 is 9.52 Å². The third-order valence-corrected chi connectivity index (χ3v) is 3.31. The van der Waals surface area contributed by atoms with E-state index in [0.717, 1.165) is 12.8 Å².